The molecule has 0 amide bonds. The van der Waals surface area contributed by atoms with Crippen molar-refractivity contribution in [3.8, 4) is 0 Å². The standard InChI is InChI=1S/C14H28OS/c1-4-16-9-5-6-13-10-12(11(2)3)7-8-14(13)15/h11-15H,4-10H2,1-3H3. The fourth-order valence-corrected chi connectivity index (χ4v) is 3.45. The number of aliphatic hydroxyl groups is 1. The molecular formula is C14H28OS. The Morgan fingerprint density at radius 2 is 2.06 bits per heavy atom. The lowest BCUT2D eigenvalue weighted by molar-refractivity contribution is 0.0334. The Balaban J connectivity index is 2.26. The van der Waals surface area contributed by atoms with Crippen LogP contribution in [0.5, 0.6) is 0 Å². The van der Waals surface area contributed by atoms with Crippen LogP contribution in [0.25, 0.3) is 0 Å². The summed E-state index contributed by atoms with van der Waals surface area (Å²) in [6.45, 7) is 6.87. The molecular weight excluding hydrogens is 216 g/mol. The van der Waals surface area contributed by atoms with Crippen LogP contribution < -0.4 is 0 Å². The Kier molecular flexibility index (Phi) is 6.83. The molecule has 1 fully saturated rings. The van der Waals surface area contributed by atoms with Gasteiger partial charge in [0.05, 0.1) is 6.10 Å². The third-order valence-corrected chi connectivity index (χ3v) is 4.98. The average molecular weight is 244 g/mol. The van der Waals surface area contributed by atoms with Gasteiger partial charge in [-0.05, 0) is 61.4 Å². The second-order valence-electron chi connectivity index (χ2n) is 5.48. The van der Waals surface area contributed by atoms with E-state index in [0.717, 1.165) is 18.3 Å². The maximum absolute atomic E-state index is 10.0. The fraction of sp³-hybridized carbons (Fsp3) is 1.00. The zero-order valence-corrected chi connectivity index (χ0v) is 11.9. The normalized spacial score (nSPS) is 30.9. The Bertz CT molecular complexity index is 182. The minimum absolute atomic E-state index is 0.0124. The van der Waals surface area contributed by atoms with Crippen LogP contribution in [0, 0.1) is 17.8 Å². The topological polar surface area (TPSA) is 20.2 Å². The zero-order chi connectivity index (χ0) is 12.0. The first kappa shape index (κ1) is 14.4. The number of aliphatic hydroxyl groups excluding tert-OH is 1. The highest BCUT2D eigenvalue weighted by atomic mass is 32.2. The second kappa shape index (κ2) is 7.60. The van der Waals surface area contributed by atoms with E-state index in [2.05, 4.69) is 20.8 Å². The summed E-state index contributed by atoms with van der Waals surface area (Å²) in [7, 11) is 0. The number of thioether (sulfide) groups is 1. The zero-order valence-electron chi connectivity index (χ0n) is 11.1. The lowest BCUT2D eigenvalue weighted by Crippen LogP contribution is -2.31. The van der Waals surface area contributed by atoms with E-state index in [9.17, 15) is 5.11 Å². The van der Waals surface area contributed by atoms with Gasteiger partial charge in [-0.15, -0.1) is 0 Å². The van der Waals surface area contributed by atoms with Crippen LogP contribution in [0.4, 0.5) is 0 Å². The molecule has 2 heteroatoms. The predicted octanol–water partition coefficient (Wildman–Crippen LogP) is 3.95. The minimum atomic E-state index is -0.0124. The van der Waals surface area contributed by atoms with E-state index < -0.39 is 0 Å². The van der Waals surface area contributed by atoms with E-state index in [1.165, 1.54) is 37.2 Å². The summed E-state index contributed by atoms with van der Waals surface area (Å²) in [4.78, 5) is 0. The molecule has 0 bridgehead atoms. The first-order chi connectivity index (χ1) is 7.65. The van der Waals surface area contributed by atoms with Crippen molar-refractivity contribution in [2.24, 2.45) is 17.8 Å². The van der Waals surface area contributed by atoms with E-state index in [1.807, 2.05) is 11.8 Å². The van der Waals surface area contributed by atoms with Crippen LogP contribution in [0.2, 0.25) is 0 Å². The molecule has 1 aliphatic carbocycles. The third kappa shape index (κ3) is 4.67. The quantitative estimate of drug-likeness (QED) is 0.714. The molecule has 1 nitrogen and oxygen atoms in total. The van der Waals surface area contributed by atoms with Crippen LogP contribution in [0.15, 0.2) is 0 Å². The molecule has 0 aliphatic heterocycles. The highest BCUT2D eigenvalue weighted by Gasteiger charge is 2.29. The molecule has 0 aromatic carbocycles. The molecule has 1 rings (SSSR count). The number of hydrogen-bond donors (Lipinski definition) is 1. The van der Waals surface area contributed by atoms with Gasteiger partial charge in [-0.2, -0.15) is 11.8 Å². The van der Waals surface area contributed by atoms with Gasteiger partial charge in [-0.3, -0.25) is 0 Å². The SMILES string of the molecule is CCSCCCC1CC(C(C)C)CCC1O. The molecule has 3 unspecified atom stereocenters. The van der Waals surface area contributed by atoms with Gasteiger partial charge in [0.25, 0.3) is 0 Å². The molecule has 0 heterocycles. The van der Waals surface area contributed by atoms with E-state index in [0.29, 0.717) is 5.92 Å². The Morgan fingerprint density at radius 1 is 1.31 bits per heavy atom. The van der Waals surface area contributed by atoms with Crippen molar-refractivity contribution in [3.05, 3.63) is 0 Å². The molecule has 0 aromatic rings. The predicted molar refractivity (Wildman–Crippen MR) is 73.9 cm³/mol. The monoisotopic (exact) mass is 244 g/mol. The van der Waals surface area contributed by atoms with Crippen molar-refractivity contribution in [1.82, 2.24) is 0 Å². The van der Waals surface area contributed by atoms with E-state index in [1.54, 1.807) is 0 Å². The molecule has 0 saturated heterocycles. The summed E-state index contributed by atoms with van der Waals surface area (Å²) in [5.41, 5.74) is 0. The molecule has 16 heavy (non-hydrogen) atoms. The van der Waals surface area contributed by atoms with Crippen molar-refractivity contribution < 1.29 is 5.11 Å². The van der Waals surface area contributed by atoms with E-state index in [4.69, 9.17) is 0 Å². The average Bonchev–Trinajstić information content (AvgIpc) is 2.26. The first-order valence-electron chi connectivity index (χ1n) is 6.91. The Labute approximate surface area is 105 Å². The molecule has 1 N–H and O–H groups in total. The van der Waals surface area contributed by atoms with Gasteiger partial charge in [0, 0.05) is 0 Å². The lowest BCUT2D eigenvalue weighted by Gasteiger charge is -2.35. The summed E-state index contributed by atoms with van der Waals surface area (Å²) in [5, 5.41) is 10.0. The van der Waals surface area contributed by atoms with E-state index >= 15 is 0 Å². The summed E-state index contributed by atoms with van der Waals surface area (Å²) in [5.74, 6) is 4.72. The maximum Gasteiger partial charge on any atom is 0.0568 e. The van der Waals surface area contributed by atoms with Gasteiger partial charge < -0.3 is 5.11 Å². The van der Waals surface area contributed by atoms with Crippen LogP contribution >= 0.6 is 11.8 Å². The summed E-state index contributed by atoms with van der Waals surface area (Å²) >= 11 is 2.02. The molecule has 0 spiro atoms. The molecule has 3 atom stereocenters. The largest absolute Gasteiger partial charge is 0.393 e. The fourth-order valence-electron chi connectivity index (χ4n) is 2.79. The highest BCUT2D eigenvalue weighted by Crippen LogP contribution is 2.36. The Morgan fingerprint density at radius 3 is 2.69 bits per heavy atom. The second-order valence-corrected chi connectivity index (χ2v) is 6.88. The molecule has 96 valence electrons. The van der Waals surface area contributed by atoms with Gasteiger partial charge in [0.15, 0.2) is 0 Å². The van der Waals surface area contributed by atoms with Gasteiger partial charge in [-0.25, -0.2) is 0 Å². The molecule has 1 saturated carbocycles. The van der Waals surface area contributed by atoms with Crippen LogP contribution in [0.3, 0.4) is 0 Å². The summed E-state index contributed by atoms with van der Waals surface area (Å²) in [6, 6.07) is 0. The third-order valence-electron chi connectivity index (χ3n) is 3.99. The summed E-state index contributed by atoms with van der Waals surface area (Å²) in [6.07, 6.45) is 6.03. The molecule has 1 aliphatic rings. The number of rotatable bonds is 6. The number of hydrogen-bond acceptors (Lipinski definition) is 2. The lowest BCUT2D eigenvalue weighted by atomic mass is 9.73. The van der Waals surface area contributed by atoms with Crippen molar-refractivity contribution in [3.63, 3.8) is 0 Å². The minimum Gasteiger partial charge on any atom is -0.393 e. The first-order valence-corrected chi connectivity index (χ1v) is 8.06. The van der Waals surface area contributed by atoms with Crippen molar-refractivity contribution in [1.29, 1.82) is 0 Å². The van der Waals surface area contributed by atoms with Gasteiger partial charge in [0.2, 0.25) is 0 Å². The highest BCUT2D eigenvalue weighted by molar-refractivity contribution is 7.99. The van der Waals surface area contributed by atoms with Crippen molar-refractivity contribution in [2.45, 2.75) is 59.0 Å². The van der Waals surface area contributed by atoms with Crippen molar-refractivity contribution in [2.75, 3.05) is 11.5 Å². The van der Waals surface area contributed by atoms with E-state index in [-0.39, 0.29) is 6.10 Å². The Hall–Kier alpha value is 0.310. The van der Waals surface area contributed by atoms with Gasteiger partial charge in [-0.1, -0.05) is 20.8 Å². The smallest absolute Gasteiger partial charge is 0.0568 e. The van der Waals surface area contributed by atoms with Crippen LogP contribution in [-0.4, -0.2) is 22.7 Å². The maximum atomic E-state index is 10.0. The molecule has 0 radical (unpaired) electrons. The van der Waals surface area contributed by atoms with Crippen LogP contribution in [-0.2, 0) is 0 Å². The van der Waals surface area contributed by atoms with Gasteiger partial charge in [0.1, 0.15) is 0 Å². The molecule has 0 aromatic heterocycles. The van der Waals surface area contributed by atoms with Crippen molar-refractivity contribution >= 4 is 11.8 Å². The van der Waals surface area contributed by atoms with Gasteiger partial charge >= 0.3 is 0 Å². The van der Waals surface area contributed by atoms with Crippen LogP contribution in [0.1, 0.15) is 52.9 Å². The summed E-state index contributed by atoms with van der Waals surface area (Å²) < 4.78 is 0.